The van der Waals surface area contributed by atoms with Gasteiger partial charge in [-0.2, -0.15) is 10.2 Å². The van der Waals surface area contributed by atoms with Crippen molar-refractivity contribution in [3.8, 4) is 16.9 Å². The van der Waals surface area contributed by atoms with Crippen molar-refractivity contribution in [2.75, 3.05) is 0 Å². The smallest absolute Gasteiger partial charge is 0.291 e. The van der Waals surface area contributed by atoms with E-state index in [1.807, 2.05) is 60.1 Å². The van der Waals surface area contributed by atoms with Crippen LogP contribution in [-0.4, -0.2) is 21.9 Å². The maximum Gasteiger partial charge on any atom is 0.291 e. The topological polar surface area (TPSA) is 72.4 Å². The summed E-state index contributed by atoms with van der Waals surface area (Å²) in [5, 5.41) is 10.8. The molecule has 0 atom stereocenters. The molecule has 0 aliphatic heterocycles. The first-order valence-electron chi connectivity index (χ1n) is 10.2. The third-order valence-electron chi connectivity index (χ3n) is 5.25. The lowest BCUT2D eigenvalue weighted by Crippen LogP contribution is -2.18. The van der Waals surface area contributed by atoms with Gasteiger partial charge in [0.15, 0.2) is 5.69 Å². The van der Waals surface area contributed by atoms with Crippen LogP contribution >= 0.6 is 0 Å². The zero-order valence-corrected chi connectivity index (χ0v) is 17.4. The van der Waals surface area contributed by atoms with Crippen molar-refractivity contribution in [1.82, 2.24) is 15.2 Å². The van der Waals surface area contributed by atoms with Gasteiger partial charge < -0.3 is 4.42 Å². The van der Waals surface area contributed by atoms with E-state index in [9.17, 15) is 4.79 Å². The van der Waals surface area contributed by atoms with Gasteiger partial charge >= 0.3 is 0 Å². The van der Waals surface area contributed by atoms with Gasteiger partial charge in [0.25, 0.3) is 5.91 Å². The number of aromatic nitrogens is 2. The van der Waals surface area contributed by atoms with Crippen LogP contribution in [0.25, 0.3) is 27.7 Å². The lowest BCUT2D eigenvalue weighted by molar-refractivity contribution is 0.0949. The van der Waals surface area contributed by atoms with E-state index < -0.39 is 5.91 Å². The highest BCUT2D eigenvalue weighted by atomic mass is 16.3. The third-order valence-corrected chi connectivity index (χ3v) is 5.25. The standard InChI is InChI=1S/C26H20N4O2/c1-18-8-2-5-14-24(18)30-25(22-13-6-10-19-9-3-4-12-21(19)22)16-23(29-30)26(31)28-27-17-20-11-7-15-32-20/h2-17H,1H3,(H,28,31)/b27-17-. The predicted octanol–water partition coefficient (Wildman–Crippen LogP) is 5.36. The van der Waals surface area contributed by atoms with Crippen molar-refractivity contribution < 1.29 is 9.21 Å². The van der Waals surface area contributed by atoms with Crippen LogP contribution in [0.2, 0.25) is 0 Å². The Morgan fingerprint density at radius 1 is 1.00 bits per heavy atom. The van der Waals surface area contributed by atoms with Gasteiger partial charge in [0.2, 0.25) is 0 Å². The molecule has 2 aromatic heterocycles. The molecule has 1 amide bonds. The lowest BCUT2D eigenvalue weighted by atomic mass is 10.0. The molecule has 6 nitrogen and oxygen atoms in total. The summed E-state index contributed by atoms with van der Waals surface area (Å²) in [6, 6.07) is 27.6. The van der Waals surface area contributed by atoms with Crippen LogP contribution < -0.4 is 5.43 Å². The molecule has 5 rings (SSSR count). The van der Waals surface area contributed by atoms with E-state index >= 15 is 0 Å². The van der Waals surface area contributed by atoms with Crippen molar-refractivity contribution >= 4 is 22.9 Å². The number of benzene rings is 3. The fourth-order valence-electron chi connectivity index (χ4n) is 3.69. The van der Waals surface area contributed by atoms with Crippen LogP contribution in [0.3, 0.4) is 0 Å². The molecule has 0 saturated carbocycles. The van der Waals surface area contributed by atoms with Crippen LogP contribution in [0.4, 0.5) is 0 Å². The van der Waals surface area contributed by atoms with Crippen molar-refractivity contribution in [3.63, 3.8) is 0 Å². The van der Waals surface area contributed by atoms with Crippen LogP contribution in [0, 0.1) is 6.92 Å². The first kappa shape index (κ1) is 19.5. The fraction of sp³-hybridized carbons (Fsp3) is 0.0385. The summed E-state index contributed by atoms with van der Waals surface area (Å²) in [5.41, 5.74) is 6.59. The molecular formula is C26H20N4O2. The van der Waals surface area contributed by atoms with Crippen molar-refractivity contribution in [1.29, 1.82) is 0 Å². The number of carbonyl (C=O) groups is 1. The number of para-hydroxylation sites is 1. The monoisotopic (exact) mass is 420 g/mol. The third kappa shape index (κ3) is 3.70. The summed E-state index contributed by atoms with van der Waals surface area (Å²) in [6.45, 7) is 2.03. The molecule has 32 heavy (non-hydrogen) atoms. The Balaban J connectivity index is 1.60. The van der Waals surface area contributed by atoms with Gasteiger partial charge in [-0.1, -0.05) is 60.7 Å². The molecule has 0 unspecified atom stereocenters. The fourth-order valence-corrected chi connectivity index (χ4v) is 3.69. The molecule has 0 aliphatic rings. The molecule has 1 N–H and O–H groups in total. The number of aryl methyl sites for hydroxylation is 1. The van der Waals surface area contributed by atoms with Gasteiger partial charge in [0.1, 0.15) is 5.76 Å². The highest BCUT2D eigenvalue weighted by Gasteiger charge is 2.18. The second kappa shape index (κ2) is 8.35. The SMILES string of the molecule is Cc1ccccc1-n1nc(C(=O)N/N=C\c2ccco2)cc1-c1cccc2ccccc12. The maximum absolute atomic E-state index is 12.8. The van der Waals surface area contributed by atoms with E-state index in [-0.39, 0.29) is 5.69 Å². The minimum absolute atomic E-state index is 0.271. The Bertz CT molecular complexity index is 1430. The van der Waals surface area contributed by atoms with E-state index in [0.29, 0.717) is 5.76 Å². The van der Waals surface area contributed by atoms with Crippen molar-refractivity contribution in [2.45, 2.75) is 6.92 Å². The van der Waals surface area contributed by atoms with Gasteiger partial charge in [-0.25, -0.2) is 10.1 Å². The first-order valence-corrected chi connectivity index (χ1v) is 10.2. The molecular weight excluding hydrogens is 400 g/mol. The number of carbonyl (C=O) groups excluding carboxylic acids is 1. The largest absolute Gasteiger partial charge is 0.463 e. The molecule has 0 spiro atoms. The average molecular weight is 420 g/mol. The number of fused-ring (bicyclic) bond motifs is 1. The summed E-state index contributed by atoms with van der Waals surface area (Å²) in [5.74, 6) is 0.147. The normalized spacial score (nSPS) is 11.3. The number of nitrogens with one attached hydrogen (secondary N) is 1. The first-order chi connectivity index (χ1) is 15.7. The van der Waals surface area contributed by atoms with Crippen molar-refractivity contribution in [2.24, 2.45) is 5.10 Å². The minimum atomic E-state index is -0.401. The summed E-state index contributed by atoms with van der Waals surface area (Å²) >= 11 is 0. The van der Waals surface area contributed by atoms with Gasteiger partial charge in [-0.05, 0) is 47.5 Å². The van der Waals surface area contributed by atoms with Gasteiger partial charge in [-0.15, -0.1) is 0 Å². The Labute approximate surface area is 184 Å². The average Bonchev–Trinajstić information content (AvgIpc) is 3.49. The Morgan fingerprint density at radius 3 is 2.66 bits per heavy atom. The lowest BCUT2D eigenvalue weighted by Gasteiger charge is -2.12. The summed E-state index contributed by atoms with van der Waals surface area (Å²) < 4.78 is 7.02. The van der Waals surface area contributed by atoms with E-state index in [1.54, 1.807) is 24.5 Å². The number of amides is 1. The van der Waals surface area contributed by atoms with Gasteiger partial charge in [0, 0.05) is 5.56 Å². The Hall–Kier alpha value is -4.45. The molecule has 3 aromatic carbocycles. The molecule has 5 aromatic rings. The van der Waals surface area contributed by atoms with Crippen LogP contribution in [0.1, 0.15) is 21.8 Å². The highest BCUT2D eigenvalue weighted by molar-refractivity contribution is 5.99. The summed E-state index contributed by atoms with van der Waals surface area (Å²) in [4.78, 5) is 12.8. The molecule has 2 heterocycles. The van der Waals surface area contributed by atoms with Crippen LogP contribution in [0.5, 0.6) is 0 Å². The highest BCUT2D eigenvalue weighted by Crippen LogP contribution is 2.31. The van der Waals surface area contributed by atoms with E-state index in [2.05, 4.69) is 33.8 Å². The zero-order valence-electron chi connectivity index (χ0n) is 17.4. The maximum atomic E-state index is 12.8. The molecule has 0 radical (unpaired) electrons. The van der Waals surface area contributed by atoms with Crippen molar-refractivity contribution in [3.05, 3.63) is 108 Å². The molecule has 6 heteroatoms. The van der Waals surface area contributed by atoms with Crippen LogP contribution in [-0.2, 0) is 0 Å². The number of furan rings is 1. The molecule has 0 saturated heterocycles. The summed E-state index contributed by atoms with van der Waals surface area (Å²) in [7, 11) is 0. The quantitative estimate of drug-likeness (QED) is 0.307. The molecule has 0 bridgehead atoms. The van der Waals surface area contributed by atoms with E-state index in [1.165, 1.54) is 6.21 Å². The number of hydrogen-bond acceptors (Lipinski definition) is 4. The predicted molar refractivity (Wildman–Crippen MR) is 125 cm³/mol. The number of nitrogens with zero attached hydrogens (tertiary/aromatic N) is 3. The second-order valence-electron chi connectivity index (χ2n) is 7.35. The van der Waals surface area contributed by atoms with E-state index in [4.69, 9.17) is 4.42 Å². The molecule has 156 valence electrons. The second-order valence-corrected chi connectivity index (χ2v) is 7.35. The summed E-state index contributed by atoms with van der Waals surface area (Å²) in [6.07, 6.45) is 2.99. The van der Waals surface area contributed by atoms with E-state index in [0.717, 1.165) is 33.3 Å². The molecule has 0 fully saturated rings. The zero-order chi connectivity index (χ0) is 21.9. The van der Waals surface area contributed by atoms with Crippen LogP contribution in [0.15, 0.2) is 101 Å². The minimum Gasteiger partial charge on any atom is -0.463 e. The molecule has 0 aliphatic carbocycles. The number of hydrazone groups is 1. The number of rotatable bonds is 5. The Kier molecular flexibility index (Phi) is 5.09. The number of hydrogen-bond donors (Lipinski definition) is 1. The van der Waals surface area contributed by atoms with Gasteiger partial charge in [0.05, 0.1) is 23.9 Å². The Morgan fingerprint density at radius 2 is 1.81 bits per heavy atom. The van der Waals surface area contributed by atoms with Gasteiger partial charge in [-0.3, -0.25) is 4.79 Å².